The van der Waals surface area contributed by atoms with Gasteiger partial charge in [-0.25, -0.2) is 0 Å². The minimum Gasteiger partial charge on any atom is -0.310 e. The smallest absolute Gasteiger partial charge is 0.0320 e. The second-order valence-electron chi connectivity index (χ2n) is 3.74. The maximum atomic E-state index is 3.51. The molecule has 0 saturated carbocycles. The van der Waals surface area contributed by atoms with E-state index >= 15 is 0 Å². The molecule has 0 radical (unpaired) electrons. The molecule has 0 aromatic heterocycles. The molecular weight excluding hydrogens is 158 g/mol. The SMILES string of the molecule is CCc1ccc([C@H]2CCCN2)cc1. The average molecular weight is 175 g/mol. The van der Waals surface area contributed by atoms with Crippen LogP contribution in [-0.2, 0) is 6.42 Å². The lowest BCUT2D eigenvalue weighted by molar-refractivity contribution is 0.647. The van der Waals surface area contributed by atoms with E-state index in [1.54, 1.807) is 0 Å². The first kappa shape index (κ1) is 8.76. The van der Waals surface area contributed by atoms with Crippen molar-refractivity contribution >= 4 is 0 Å². The summed E-state index contributed by atoms with van der Waals surface area (Å²) in [6, 6.07) is 9.64. The molecule has 70 valence electrons. The van der Waals surface area contributed by atoms with Gasteiger partial charge in [0.15, 0.2) is 0 Å². The zero-order valence-electron chi connectivity index (χ0n) is 8.22. The summed E-state index contributed by atoms with van der Waals surface area (Å²) in [5, 5.41) is 3.51. The van der Waals surface area contributed by atoms with Crippen LogP contribution in [0.5, 0.6) is 0 Å². The van der Waals surface area contributed by atoms with E-state index in [-0.39, 0.29) is 0 Å². The maximum absolute atomic E-state index is 3.51. The summed E-state index contributed by atoms with van der Waals surface area (Å²) in [6.07, 6.45) is 3.75. The van der Waals surface area contributed by atoms with Gasteiger partial charge >= 0.3 is 0 Å². The molecule has 1 aliphatic rings. The fraction of sp³-hybridized carbons (Fsp3) is 0.500. The van der Waals surface area contributed by atoms with Gasteiger partial charge in [0.2, 0.25) is 0 Å². The van der Waals surface area contributed by atoms with E-state index in [4.69, 9.17) is 0 Å². The third kappa shape index (κ3) is 1.92. The number of hydrogen-bond acceptors (Lipinski definition) is 1. The lowest BCUT2D eigenvalue weighted by Gasteiger charge is -2.10. The first-order chi connectivity index (χ1) is 6.40. The second-order valence-corrected chi connectivity index (χ2v) is 3.74. The van der Waals surface area contributed by atoms with Crippen molar-refractivity contribution in [2.75, 3.05) is 6.54 Å². The van der Waals surface area contributed by atoms with Gasteiger partial charge in [-0.05, 0) is 36.9 Å². The monoisotopic (exact) mass is 175 g/mol. The quantitative estimate of drug-likeness (QED) is 0.728. The molecule has 0 aliphatic carbocycles. The Kier molecular flexibility index (Phi) is 2.65. The van der Waals surface area contributed by atoms with Crippen LogP contribution >= 0.6 is 0 Å². The van der Waals surface area contributed by atoms with E-state index in [2.05, 4.69) is 36.5 Å². The lowest BCUT2D eigenvalue weighted by Crippen LogP contribution is -2.12. The molecule has 1 saturated heterocycles. The standard InChI is InChI=1S/C12H17N/c1-2-10-5-7-11(8-6-10)12-4-3-9-13-12/h5-8,12-13H,2-4,9H2,1H3/t12-/m1/s1. The molecule has 1 atom stereocenters. The van der Waals surface area contributed by atoms with Crippen LogP contribution in [0.4, 0.5) is 0 Å². The van der Waals surface area contributed by atoms with E-state index in [0.717, 1.165) is 6.42 Å². The zero-order chi connectivity index (χ0) is 9.10. The molecule has 1 heterocycles. The molecular formula is C12H17N. The van der Waals surface area contributed by atoms with Crippen LogP contribution in [0.2, 0.25) is 0 Å². The third-order valence-corrected chi connectivity index (χ3v) is 2.85. The van der Waals surface area contributed by atoms with E-state index in [9.17, 15) is 0 Å². The van der Waals surface area contributed by atoms with Gasteiger partial charge in [0.1, 0.15) is 0 Å². The van der Waals surface area contributed by atoms with Crippen molar-refractivity contribution in [3.63, 3.8) is 0 Å². The molecule has 0 unspecified atom stereocenters. The molecule has 1 aromatic rings. The first-order valence-electron chi connectivity index (χ1n) is 5.22. The van der Waals surface area contributed by atoms with Gasteiger partial charge in [0.25, 0.3) is 0 Å². The molecule has 0 spiro atoms. The first-order valence-corrected chi connectivity index (χ1v) is 5.22. The fourth-order valence-corrected chi connectivity index (χ4v) is 1.95. The van der Waals surface area contributed by atoms with Gasteiger partial charge in [0, 0.05) is 6.04 Å². The van der Waals surface area contributed by atoms with Crippen LogP contribution < -0.4 is 5.32 Å². The predicted octanol–water partition coefficient (Wildman–Crippen LogP) is 2.67. The van der Waals surface area contributed by atoms with Gasteiger partial charge in [-0.1, -0.05) is 31.2 Å². The molecule has 13 heavy (non-hydrogen) atoms. The zero-order valence-corrected chi connectivity index (χ0v) is 8.22. The second kappa shape index (κ2) is 3.93. The molecule has 1 nitrogen and oxygen atoms in total. The van der Waals surface area contributed by atoms with Crippen LogP contribution in [0.1, 0.15) is 36.9 Å². The minimum atomic E-state index is 0.617. The lowest BCUT2D eigenvalue weighted by atomic mass is 10.0. The topological polar surface area (TPSA) is 12.0 Å². The number of rotatable bonds is 2. The van der Waals surface area contributed by atoms with Crippen LogP contribution in [0.3, 0.4) is 0 Å². The molecule has 0 bridgehead atoms. The summed E-state index contributed by atoms with van der Waals surface area (Å²) in [5.74, 6) is 0. The Morgan fingerprint density at radius 1 is 1.31 bits per heavy atom. The Morgan fingerprint density at radius 3 is 2.62 bits per heavy atom. The predicted molar refractivity (Wildman–Crippen MR) is 55.8 cm³/mol. The van der Waals surface area contributed by atoms with E-state index in [1.807, 2.05) is 0 Å². The van der Waals surface area contributed by atoms with Crippen LogP contribution in [0, 0.1) is 0 Å². The highest BCUT2D eigenvalue weighted by Gasteiger charge is 2.15. The molecule has 1 fully saturated rings. The summed E-state index contributed by atoms with van der Waals surface area (Å²) in [7, 11) is 0. The van der Waals surface area contributed by atoms with Gasteiger partial charge in [0.05, 0.1) is 0 Å². The molecule has 1 heteroatoms. The summed E-state index contributed by atoms with van der Waals surface area (Å²) in [6.45, 7) is 3.38. The van der Waals surface area contributed by atoms with Crippen molar-refractivity contribution in [2.24, 2.45) is 0 Å². The fourth-order valence-electron chi connectivity index (χ4n) is 1.95. The van der Waals surface area contributed by atoms with Crippen molar-refractivity contribution < 1.29 is 0 Å². The summed E-state index contributed by atoms with van der Waals surface area (Å²) >= 11 is 0. The van der Waals surface area contributed by atoms with Crippen molar-refractivity contribution in [3.8, 4) is 0 Å². The Labute approximate surface area is 80.2 Å². The average Bonchev–Trinajstić information content (AvgIpc) is 2.71. The third-order valence-electron chi connectivity index (χ3n) is 2.85. The van der Waals surface area contributed by atoms with Gasteiger partial charge < -0.3 is 5.32 Å². The number of hydrogen-bond donors (Lipinski definition) is 1. The van der Waals surface area contributed by atoms with Crippen LogP contribution in [0.25, 0.3) is 0 Å². The molecule has 0 amide bonds. The number of aryl methyl sites for hydroxylation is 1. The highest BCUT2D eigenvalue weighted by atomic mass is 14.9. The largest absolute Gasteiger partial charge is 0.310 e. The number of nitrogens with one attached hydrogen (secondary N) is 1. The van der Waals surface area contributed by atoms with Crippen molar-refractivity contribution in [2.45, 2.75) is 32.2 Å². The van der Waals surface area contributed by atoms with Gasteiger partial charge in [-0.3, -0.25) is 0 Å². The Balaban J connectivity index is 2.12. The Bertz CT molecular complexity index is 257. The van der Waals surface area contributed by atoms with Crippen molar-refractivity contribution in [1.29, 1.82) is 0 Å². The Morgan fingerprint density at radius 2 is 2.08 bits per heavy atom. The summed E-state index contributed by atoms with van der Waals surface area (Å²) in [5.41, 5.74) is 2.89. The van der Waals surface area contributed by atoms with Crippen LogP contribution in [-0.4, -0.2) is 6.54 Å². The maximum Gasteiger partial charge on any atom is 0.0320 e. The molecule has 2 rings (SSSR count). The molecule has 1 N–H and O–H groups in total. The van der Waals surface area contributed by atoms with Crippen LogP contribution in [0.15, 0.2) is 24.3 Å². The van der Waals surface area contributed by atoms with Crippen molar-refractivity contribution in [3.05, 3.63) is 35.4 Å². The van der Waals surface area contributed by atoms with Gasteiger partial charge in [-0.15, -0.1) is 0 Å². The van der Waals surface area contributed by atoms with Crippen molar-refractivity contribution in [1.82, 2.24) is 5.32 Å². The minimum absolute atomic E-state index is 0.617. The van der Waals surface area contributed by atoms with E-state index < -0.39 is 0 Å². The molecule has 1 aromatic carbocycles. The highest BCUT2D eigenvalue weighted by molar-refractivity contribution is 5.25. The summed E-state index contributed by atoms with van der Waals surface area (Å²) < 4.78 is 0. The number of benzene rings is 1. The summed E-state index contributed by atoms with van der Waals surface area (Å²) in [4.78, 5) is 0. The highest BCUT2D eigenvalue weighted by Crippen LogP contribution is 2.22. The van der Waals surface area contributed by atoms with Gasteiger partial charge in [-0.2, -0.15) is 0 Å². The van der Waals surface area contributed by atoms with E-state index in [1.165, 1.54) is 30.5 Å². The Hall–Kier alpha value is -0.820. The van der Waals surface area contributed by atoms with E-state index in [0.29, 0.717) is 6.04 Å². The normalized spacial score (nSPS) is 22.1. The molecule has 1 aliphatic heterocycles.